The Kier molecular flexibility index (Phi) is 2.83. The summed E-state index contributed by atoms with van der Waals surface area (Å²) in [6.07, 6.45) is 1.09. The van der Waals surface area contributed by atoms with E-state index in [1.54, 1.807) is 0 Å². The van der Waals surface area contributed by atoms with Crippen LogP contribution in [0, 0.1) is 10.8 Å². The van der Waals surface area contributed by atoms with Gasteiger partial charge in [0.15, 0.2) is 0 Å². The van der Waals surface area contributed by atoms with Crippen LogP contribution in [0.15, 0.2) is 0 Å². The quantitative estimate of drug-likeness (QED) is 0.748. The fourth-order valence-electron chi connectivity index (χ4n) is 2.04. The molecule has 1 aliphatic heterocycles. The Balaban J connectivity index is 3.23. The van der Waals surface area contributed by atoms with Crippen LogP contribution in [-0.2, 0) is 4.79 Å². The van der Waals surface area contributed by atoms with E-state index < -0.39 is 11.4 Å². The lowest BCUT2D eigenvalue weighted by Gasteiger charge is -2.42. The highest BCUT2D eigenvalue weighted by Crippen LogP contribution is 2.34. The molecule has 1 fully saturated rings. The van der Waals surface area contributed by atoms with Crippen LogP contribution in [0.2, 0.25) is 0 Å². The van der Waals surface area contributed by atoms with E-state index >= 15 is 0 Å². The van der Waals surface area contributed by atoms with Gasteiger partial charge in [-0.1, -0.05) is 13.8 Å². The maximum Gasteiger partial charge on any atom is 0.331 e. The smallest absolute Gasteiger partial charge is 0.287 e. The number of carbonyl (C=O) groups excluding carboxylic acids is 2. The molecule has 1 aliphatic rings. The summed E-state index contributed by atoms with van der Waals surface area (Å²) in [6, 6.07) is -0.428. The first-order valence-corrected chi connectivity index (χ1v) is 5.07. The molecule has 3 amide bonds. The van der Waals surface area contributed by atoms with Crippen LogP contribution in [0.4, 0.5) is 4.79 Å². The number of rotatable bonds is 2. The van der Waals surface area contributed by atoms with Crippen LogP contribution in [0.3, 0.4) is 0 Å². The molecule has 0 unspecified atom stereocenters. The minimum absolute atomic E-state index is 0.112. The summed E-state index contributed by atoms with van der Waals surface area (Å²) in [4.78, 5) is 25.9. The van der Waals surface area contributed by atoms with Crippen molar-refractivity contribution >= 4 is 17.8 Å². The van der Waals surface area contributed by atoms with Gasteiger partial charge in [0, 0.05) is 14.1 Å². The second kappa shape index (κ2) is 3.64. The Bertz CT molecular complexity index is 295. The standard InChI is InChI=1S/C10H17N3O2/c1-5-10(6-2)7(11)12(3)9(15)13(4)8(10)14/h11H,5-6H2,1-4H3. The third-order valence-corrected chi connectivity index (χ3v) is 3.28. The molecule has 0 atom stereocenters. The summed E-state index contributed by atoms with van der Waals surface area (Å²) < 4.78 is 0. The van der Waals surface area contributed by atoms with Crippen molar-refractivity contribution in [1.82, 2.24) is 9.80 Å². The zero-order chi connectivity index (χ0) is 11.8. The zero-order valence-electron chi connectivity index (χ0n) is 9.63. The zero-order valence-corrected chi connectivity index (χ0v) is 9.63. The third-order valence-electron chi connectivity index (χ3n) is 3.28. The highest BCUT2D eigenvalue weighted by atomic mass is 16.2. The lowest BCUT2D eigenvalue weighted by Crippen LogP contribution is -2.62. The lowest BCUT2D eigenvalue weighted by atomic mass is 9.78. The molecule has 0 aliphatic carbocycles. The van der Waals surface area contributed by atoms with Gasteiger partial charge in [0.1, 0.15) is 11.3 Å². The molecule has 0 saturated carbocycles. The van der Waals surface area contributed by atoms with Crippen LogP contribution in [0.1, 0.15) is 26.7 Å². The van der Waals surface area contributed by atoms with Crippen molar-refractivity contribution in [3.05, 3.63) is 0 Å². The first kappa shape index (κ1) is 11.7. The van der Waals surface area contributed by atoms with Gasteiger partial charge in [-0.2, -0.15) is 0 Å². The van der Waals surface area contributed by atoms with E-state index in [2.05, 4.69) is 0 Å². The minimum Gasteiger partial charge on any atom is -0.287 e. The van der Waals surface area contributed by atoms with Crippen LogP contribution in [0.25, 0.3) is 0 Å². The van der Waals surface area contributed by atoms with Crippen molar-refractivity contribution in [3.63, 3.8) is 0 Å². The number of amides is 3. The van der Waals surface area contributed by atoms with Gasteiger partial charge in [0.05, 0.1) is 0 Å². The number of hydrogen-bond donors (Lipinski definition) is 1. The number of amidine groups is 1. The minimum atomic E-state index is -0.822. The molecule has 5 heteroatoms. The predicted octanol–water partition coefficient (Wildman–Crippen LogP) is 1.29. The van der Waals surface area contributed by atoms with E-state index in [1.807, 2.05) is 13.8 Å². The molecule has 0 aromatic rings. The average Bonchev–Trinajstić information content (AvgIpc) is 2.26. The average molecular weight is 211 g/mol. The molecular formula is C10H17N3O2. The highest BCUT2D eigenvalue weighted by Gasteiger charge is 2.50. The van der Waals surface area contributed by atoms with Crippen LogP contribution < -0.4 is 0 Å². The maximum atomic E-state index is 12.0. The maximum absolute atomic E-state index is 12.0. The van der Waals surface area contributed by atoms with Gasteiger partial charge in [-0.15, -0.1) is 0 Å². The van der Waals surface area contributed by atoms with E-state index in [0.29, 0.717) is 12.8 Å². The van der Waals surface area contributed by atoms with E-state index in [0.717, 1.165) is 4.90 Å². The van der Waals surface area contributed by atoms with Crippen LogP contribution >= 0.6 is 0 Å². The number of urea groups is 1. The number of nitrogens with one attached hydrogen (secondary N) is 1. The molecular weight excluding hydrogens is 194 g/mol. The van der Waals surface area contributed by atoms with E-state index in [9.17, 15) is 9.59 Å². The first-order chi connectivity index (χ1) is 6.92. The van der Waals surface area contributed by atoms with Crippen molar-refractivity contribution in [2.24, 2.45) is 5.41 Å². The Hall–Kier alpha value is -1.39. The summed E-state index contributed by atoms with van der Waals surface area (Å²) in [5, 5.41) is 7.91. The van der Waals surface area contributed by atoms with E-state index in [1.165, 1.54) is 19.0 Å². The van der Waals surface area contributed by atoms with Crippen molar-refractivity contribution in [3.8, 4) is 0 Å². The first-order valence-electron chi connectivity index (χ1n) is 5.07. The van der Waals surface area contributed by atoms with Crippen molar-refractivity contribution in [1.29, 1.82) is 5.41 Å². The second-order valence-electron chi connectivity index (χ2n) is 3.84. The molecule has 1 rings (SSSR count). The molecule has 0 radical (unpaired) electrons. The summed E-state index contributed by atoms with van der Waals surface area (Å²) in [6.45, 7) is 3.74. The second-order valence-corrected chi connectivity index (χ2v) is 3.84. The third kappa shape index (κ3) is 1.33. The fourth-order valence-corrected chi connectivity index (χ4v) is 2.04. The fraction of sp³-hybridized carbons (Fsp3) is 0.700. The molecule has 5 nitrogen and oxygen atoms in total. The van der Waals surface area contributed by atoms with Crippen molar-refractivity contribution < 1.29 is 9.59 Å². The molecule has 0 aromatic carbocycles. The Morgan fingerprint density at radius 2 is 1.60 bits per heavy atom. The van der Waals surface area contributed by atoms with Crippen molar-refractivity contribution in [2.75, 3.05) is 14.1 Å². The predicted molar refractivity (Wildman–Crippen MR) is 56.7 cm³/mol. The summed E-state index contributed by atoms with van der Waals surface area (Å²) in [7, 11) is 3.00. The Labute approximate surface area is 89.5 Å². The van der Waals surface area contributed by atoms with Gasteiger partial charge in [0.25, 0.3) is 0 Å². The molecule has 1 saturated heterocycles. The van der Waals surface area contributed by atoms with Gasteiger partial charge >= 0.3 is 6.03 Å². The molecule has 0 aromatic heterocycles. The number of hydrogen-bond acceptors (Lipinski definition) is 3. The summed E-state index contributed by atoms with van der Waals surface area (Å²) in [5.74, 6) is -0.152. The highest BCUT2D eigenvalue weighted by molar-refractivity contribution is 6.19. The normalized spacial score (nSPS) is 21.2. The van der Waals surface area contributed by atoms with Gasteiger partial charge in [0.2, 0.25) is 5.91 Å². The molecule has 1 N–H and O–H groups in total. The van der Waals surface area contributed by atoms with Gasteiger partial charge < -0.3 is 0 Å². The van der Waals surface area contributed by atoms with Crippen LogP contribution in [0.5, 0.6) is 0 Å². The van der Waals surface area contributed by atoms with Gasteiger partial charge in [-0.3, -0.25) is 20.0 Å². The number of nitrogens with zero attached hydrogens (tertiary/aromatic N) is 2. The van der Waals surface area contributed by atoms with E-state index in [4.69, 9.17) is 5.41 Å². The van der Waals surface area contributed by atoms with Gasteiger partial charge in [-0.05, 0) is 12.8 Å². The molecule has 84 valence electrons. The lowest BCUT2D eigenvalue weighted by molar-refractivity contribution is -0.136. The molecule has 15 heavy (non-hydrogen) atoms. The summed E-state index contributed by atoms with van der Waals surface area (Å²) in [5.41, 5.74) is -0.822. The molecule has 0 bridgehead atoms. The topological polar surface area (TPSA) is 64.5 Å². The summed E-state index contributed by atoms with van der Waals surface area (Å²) >= 11 is 0. The van der Waals surface area contributed by atoms with Crippen molar-refractivity contribution in [2.45, 2.75) is 26.7 Å². The van der Waals surface area contributed by atoms with Gasteiger partial charge in [-0.25, -0.2) is 4.79 Å². The SMILES string of the molecule is CCC1(CC)C(=N)N(C)C(=O)N(C)C1=O. The monoisotopic (exact) mass is 211 g/mol. The number of imide groups is 1. The van der Waals surface area contributed by atoms with E-state index in [-0.39, 0.29) is 11.7 Å². The largest absolute Gasteiger partial charge is 0.331 e. The van der Waals surface area contributed by atoms with Crippen LogP contribution in [-0.4, -0.2) is 41.7 Å². The Morgan fingerprint density at radius 3 is 2.00 bits per heavy atom. The number of carbonyl (C=O) groups is 2. The molecule has 0 spiro atoms. The molecule has 1 heterocycles. The Morgan fingerprint density at radius 1 is 1.13 bits per heavy atom.